The van der Waals surface area contributed by atoms with E-state index in [2.05, 4.69) is 193 Å². The monoisotopic (exact) mass is 705 g/mol. The summed E-state index contributed by atoms with van der Waals surface area (Å²) in [5, 5.41) is 2.23. The lowest BCUT2D eigenvalue weighted by atomic mass is 9.67. The Morgan fingerprint density at radius 2 is 1.07 bits per heavy atom. The second-order valence-electron chi connectivity index (χ2n) is 15.0. The highest BCUT2D eigenvalue weighted by Gasteiger charge is 2.47. The summed E-state index contributed by atoms with van der Waals surface area (Å²) in [5.41, 5.74) is 17.9. The van der Waals surface area contributed by atoms with Crippen LogP contribution in [0.1, 0.15) is 46.2 Å². The molecule has 0 N–H and O–H groups in total. The van der Waals surface area contributed by atoms with E-state index in [-0.39, 0.29) is 0 Å². The molecule has 0 spiro atoms. The molecule has 9 aromatic rings. The summed E-state index contributed by atoms with van der Waals surface area (Å²) in [6.45, 7) is 0. The van der Waals surface area contributed by atoms with Gasteiger partial charge in [-0.15, -0.1) is 0 Å². The van der Waals surface area contributed by atoms with Crippen molar-refractivity contribution in [2.45, 2.75) is 31.1 Å². The van der Waals surface area contributed by atoms with E-state index in [0.717, 1.165) is 51.8 Å². The molecule has 0 unspecified atom stereocenters. The first-order chi connectivity index (χ1) is 27.3. The molecule has 2 aliphatic carbocycles. The molecule has 0 fully saturated rings. The molecule has 2 aliphatic rings. The lowest BCUT2D eigenvalue weighted by Crippen LogP contribution is -2.28. The van der Waals surface area contributed by atoms with Gasteiger partial charge >= 0.3 is 0 Å². The van der Waals surface area contributed by atoms with Gasteiger partial charge < -0.3 is 9.32 Å². The summed E-state index contributed by atoms with van der Waals surface area (Å²) >= 11 is 0. The third kappa shape index (κ3) is 4.81. The second kappa shape index (κ2) is 12.7. The quantitative estimate of drug-likeness (QED) is 0.171. The first kappa shape index (κ1) is 31.8. The zero-order valence-electron chi connectivity index (χ0n) is 30.6. The number of hydrogen-bond donors (Lipinski definition) is 0. The highest BCUT2D eigenvalue weighted by molar-refractivity contribution is 6.14. The Morgan fingerprint density at radius 1 is 0.436 bits per heavy atom. The number of anilines is 3. The molecule has 0 atom stereocenters. The predicted molar refractivity (Wildman–Crippen MR) is 228 cm³/mol. The lowest BCUT2D eigenvalue weighted by molar-refractivity contribution is 0.669. The Hall–Kier alpha value is -6.64. The van der Waals surface area contributed by atoms with Gasteiger partial charge in [0.1, 0.15) is 11.2 Å². The number of benzene rings is 8. The molecule has 0 radical (unpaired) electrons. The number of para-hydroxylation sites is 2. The van der Waals surface area contributed by atoms with Gasteiger partial charge in [0.2, 0.25) is 0 Å². The van der Waals surface area contributed by atoms with Crippen LogP contribution in [0, 0.1) is 0 Å². The minimum absolute atomic E-state index is 0.533. The maximum atomic E-state index is 6.54. The van der Waals surface area contributed by atoms with Crippen LogP contribution in [0.5, 0.6) is 0 Å². The molecule has 0 aliphatic heterocycles. The average Bonchev–Trinajstić information content (AvgIpc) is 3.78. The van der Waals surface area contributed by atoms with E-state index in [9.17, 15) is 0 Å². The molecular formula is C53H39NO. The van der Waals surface area contributed by atoms with Crippen molar-refractivity contribution in [1.82, 2.24) is 0 Å². The van der Waals surface area contributed by atoms with Crippen molar-refractivity contribution in [2.24, 2.45) is 0 Å². The number of rotatable bonds is 6. The van der Waals surface area contributed by atoms with E-state index in [1.807, 2.05) is 0 Å². The summed E-state index contributed by atoms with van der Waals surface area (Å²) in [6, 6.07) is 69.3. The smallest absolute Gasteiger partial charge is 0.137 e. The first-order valence-corrected chi connectivity index (χ1v) is 19.6. The van der Waals surface area contributed by atoms with E-state index in [0.29, 0.717) is 0 Å². The van der Waals surface area contributed by atoms with Crippen LogP contribution in [0.25, 0.3) is 44.2 Å². The van der Waals surface area contributed by atoms with Gasteiger partial charge in [0.25, 0.3) is 0 Å². The number of hydrogen-bond acceptors (Lipinski definition) is 2. The summed E-state index contributed by atoms with van der Waals surface area (Å²) in [4.78, 5) is 2.51. The van der Waals surface area contributed by atoms with E-state index < -0.39 is 5.41 Å². The fraction of sp³-hybridized carbons (Fsp3) is 0.0943. The Balaban J connectivity index is 1.31. The Bertz CT molecular complexity index is 2830. The molecule has 0 saturated carbocycles. The Labute approximate surface area is 322 Å². The molecule has 2 heteroatoms. The lowest BCUT2D eigenvalue weighted by Gasteiger charge is -2.36. The van der Waals surface area contributed by atoms with Gasteiger partial charge in [0.15, 0.2) is 0 Å². The molecule has 0 amide bonds. The van der Waals surface area contributed by atoms with Gasteiger partial charge in [-0.05, 0) is 118 Å². The van der Waals surface area contributed by atoms with Crippen molar-refractivity contribution in [3.63, 3.8) is 0 Å². The summed E-state index contributed by atoms with van der Waals surface area (Å²) in [5.74, 6) is 0. The SMILES string of the molecule is c1ccc(N(c2cc3c(cc2-c2cccc4c2CCCC4)-c2ccccc2C3(c2ccccc2)c2ccccc2)c2cccc3oc4ccccc4c23)cc1. The van der Waals surface area contributed by atoms with Gasteiger partial charge in [-0.1, -0.05) is 146 Å². The molecule has 262 valence electrons. The molecule has 1 aromatic heterocycles. The number of aryl methyl sites for hydroxylation is 1. The van der Waals surface area contributed by atoms with Crippen molar-refractivity contribution in [1.29, 1.82) is 0 Å². The molecule has 8 aromatic carbocycles. The summed E-state index contributed by atoms with van der Waals surface area (Å²) in [6.07, 6.45) is 4.66. The van der Waals surface area contributed by atoms with Crippen LogP contribution < -0.4 is 4.90 Å². The van der Waals surface area contributed by atoms with Crippen molar-refractivity contribution in [3.8, 4) is 22.3 Å². The van der Waals surface area contributed by atoms with Crippen molar-refractivity contribution < 1.29 is 4.42 Å². The van der Waals surface area contributed by atoms with Gasteiger partial charge in [-0.3, -0.25) is 0 Å². The minimum atomic E-state index is -0.533. The van der Waals surface area contributed by atoms with Crippen LogP contribution in [0.3, 0.4) is 0 Å². The Morgan fingerprint density at radius 3 is 1.87 bits per heavy atom. The maximum Gasteiger partial charge on any atom is 0.137 e. The van der Waals surface area contributed by atoms with E-state index >= 15 is 0 Å². The van der Waals surface area contributed by atoms with Gasteiger partial charge in [-0.2, -0.15) is 0 Å². The zero-order valence-corrected chi connectivity index (χ0v) is 30.6. The topological polar surface area (TPSA) is 16.4 Å². The fourth-order valence-corrected chi connectivity index (χ4v) is 9.84. The summed E-state index contributed by atoms with van der Waals surface area (Å²) < 4.78 is 6.54. The van der Waals surface area contributed by atoms with Crippen LogP contribution in [0.2, 0.25) is 0 Å². The molecule has 1 heterocycles. The average molecular weight is 706 g/mol. The summed E-state index contributed by atoms with van der Waals surface area (Å²) in [7, 11) is 0. The molecule has 11 rings (SSSR count). The Kier molecular flexibility index (Phi) is 7.38. The second-order valence-corrected chi connectivity index (χ2v) is 15.0. The molecular weight excluding hydrogens is 667 g/mol. The van der Waals surface area contributed by atoms with Crippen LogP contribution in [0.4, 0.5) is 17.1 Å². The molecule has 0 bridgehead atoms. The van der Waals surface area contributed by atoms with Crippen LogP contribution in [0.15, 0.2) is 192 Å². The van der Waals surface area contributed by atoms with Crippen molar-refractivity contribution in [3.05, 3.63) is 221 Å². The van der Waals surface area contributed by atoms with Gasteiger partial charge in [-0.25, -0.2) is 0 Å². The van der Waals surface area contributed by atoms with E-state index in [1.54, 1.807) is 0 Å². The molecule has 55 heavy (non-hydrogen) atoms. The third-order valence-electron chi connectivity index (χ3n) is 12.1. The highest BCUT2D eigenvalue weighted by Crippen LogP contribution is 2.59. The standard InChI is InChI=1S/C53H39NO/c1-4-20-37(21-5-1)53(38-22-6-2-7-23-38)46-30-14-12-27-42(46)44-34-45(41-29-16-19-36-18-10-11-26-40(36)41)49(35-47(44)53)54(39-24-8-3-9-25-39)48-31-17-33-51-52(48)43-28-13-15-32-50(43)55-51/h1-9,12-17,19-25,27-35H,10-11,18,26H2. The van der Waals surface area contributed by atoms with Crippen LogP contribution in [-0.4, -0.2) is 0 Å². The van der Waals surface area contributed by atoms with E-state index in [4.69, 9.17) is 4.42 Å². The zero-order chi connectivity index (χ0) is 36.3. The van der Waals surface area contributed by atoms with E-state index in [1.165, 1.54) is 68.5 Å². The van der Waals surface area contributed by atoms with Gasteiger partial charge in [0, 0.05) is 16.6 Å². The van der Waals surface area contributed by atoms with Crippen molar-refractivity contribution in [2.75, 3.05) is 4.90 Å². The first-order valence-electron chi connectivity index (χ1n) is 19.6. The number of fused-ring (bicyclic) bond motifs is 7. The van der Waals surface area contributed by atoms with Crippen molar-refractivity contribution >= 4 is 39.0 Å². The molecule has 2 nitrogen and oxygen atoms in total. The number of nitrogens with zero attached hydrogens (tertiary/aromatic N) is 1. The largest absolute Gasteiger partial charge is 0.456 e. The van der Waals surface area contributed by atoms with Crippen LogP contribution >= 0.6 is 0 Å². The minimum Gasteiger partial charge on any atom is -0.456 e. The van der Waals surface area contributed by atoms with Crippen LogP contribution in [-0.2, 0) is 18.3 Å². The normalized spacial score (nSPS) is 14.0. The fourth-order valence-electron chi connectivity index (χ4n) is 9.84. The highest BCUT2D eigenvalue weighted by atomic mass is 16.3. The molecule has 0 saturated heterocycles. The predicted octanol–water partition coefficient (Wildman–Crippen LogP) is 14.0. The van der Waals surface area contributed by atoms with Gasteiger partial charge in [0.05, 0.1) is 22.2 Å². The maximum absolute atomic E-state index is 6.54. The number of furan rings is 1. The third-order valence-corrected chi connectivity index (χ3v) is 12.1.